The predicted octanol–water partition coefficient (Wildman–Crippen LogP) is 2.89. The number of hydrogen-bond donors (Lipinski definition) is 2. The molecule has 2 heterocycles. The molecule has 23 heavy (non-hydrogen) atoms. The first-order valence-corrected chi connectivity index (χ1v) is 8.31. The highest BCUT2D eigenvalue weighted by Crippen LogP contribution is 2.27. The van der Waals surface area contributed by atoms with E-state index in [0.717, 1.165) is 18.5 Å². The van der Waals surface area contributed by atoms with E-state index in [-0.39, 0.29) is 18.4 Å². The number of hydrogen-bond acceptors (Lipinski definition) is 2. The first-order valence-electron chi connectivity index (χ1n) is 8.31. The van der Waals surface area contributed by atoms with Crippen LogP contribution in [0.2, 0.25) is 0 Å². The monoisotopic (exact) mass is 312 g/mol. The quantitative estimate of drug-likeness (QED) is 0.834. The fourth-order valence-corrected chi connectivity index (χ4v) is 3.48. The van der Waals surface area contributed by atoms with Gasteiger partial charge in [0, 0.05) is 43.2 Å². The van der Waals surface area contributed by atoms with Crippen molar-refractivity contribution in [1.29, 1.82) is 0 Å². The van der Waals surface area contributed by atoms with Crippen molar-refractivity contribution in [1.82, 2.24) is 9.88 Å². The number of aliphatic hydroxyl groups excluding tert-OH is 1. The van der Waals surface area contributed by atoms with Gasteiger partial charge in [-0.15, -0.1) is 0 Å². The SMILES string of the molecule is C/C=C1/CN(CCc2c[nH]c3ccccc23)C(=O)CC1CCO. The molecular formula is C19H24N2O2. The number of para-hydroxylation sites is 1. The van der Waals surface area contributed by atoms with E-state index in [1.165, 1.54) is 16.5 Å². The number of benzene rings is 1. The van der Waals surface area contributed by atoms with Crippen LogP contribution in [0.15, 0.2) is 42.1 Å². The molecule has 1 fully saturated rings. The minimum atomic E-state index is 0.143. The zero-order valence-corrected chi connectivity index (χ0v) is 13.6. The van der Waals surface area contributed by atoms with E-state index in [1.807, 2.05) is 30.2 Å². The number of aromatic amines is 1. The van der Waals surface area contributed by atoms with E-state index in [0.29, 0.717) is 19.4 Å². The molecule has 0 radical (unpaired) electrons. The third-order valence-electron chi connectivity index (χ3n) is 4.85. The number of aliphatic hydroxyl groups is 1. The number of amides is 1. The smallest absolute Gasteiger partial charge is 0.223 e. The summed E-state index contributed by atoms with van der Waals surface area (Å²) in [6.45, 7) is 3.60. The summed E-state index contributed by atoms with van der Waals surface area (Å²) in [5.41, 5.74) is 3.68. The van der Waals surface area contributed by atoms with Gasteiger partial charge in [0.2, 0.25) is 5.91 Å². The highest BCUT2D eigenvalue weighted by molar-refractivity contribution is 5.83. The van der Waals surface area contributed by atoms with Gasteiger partial charge in [-0.3, -0.25) is 4.79 Å². The summed E-state index contributed by atoms with van der Waals surface area (Å²) in [7, 11) is 0. The van der Waals surface area contributed by atoms with Gasteiger partial charge in [0.15, 0.2) is 0 Å². The van der Waals surface area contributed by atoms with Crippen molar-refractivity contribution in [2.75, 3.05) is 19.7 Å². The van der Waals surface area contributed by atoms with Gasteiger partial charge in [-0.05, 0) is 37.3 Å². The number of aromatic nitrogens is 1. The molecule has 0 spiro atoms. The minimum Gasteiger partial charge on any atom is -0.396 e. The molecule has 0 aliphatic carbocycles. The summed E-state index contributed by atoms with van der Waals surface area (Å²) in [4.78, 5) is 17.6. The second-order valence-electron chi connectivity index (χ2n) is 6.20. The van der Waals surface area contributed by atoms with Gasteiger partial charge >= 0.3 is 0 Å². The van der Waals surface area contributed by atoms with Crippen LogP contribution < -0.4 is 0 Å². The molecule has 0 bridgehead atoms. The highest BCUT2D eigenvalue weighted by atomic mass is 16.3. The van der Waals surface area contributed by atoms with Crippen molar-refractivity contribution >= 4 is 16.8 Å². The number of piperidine rings is 1. The van der Waals surface area contributed by atoms with E-state index >= 15 is 0 Å². The lowest BCUT2D eigenvalue weighted by Gasteiger charge is -2.34. The normalized spacial score (nSPS) is 20.6. The lowest BCUT2D eigenvalue weighted by molar-refractivity contribution is -0.133. The number of carbonyl (C=O) groups is 1. The molecule has 4 heteroatoms. The average Bonchev–Trinajstić information content (AvgIpc) is 2.98. The standard InChI is InChI=1S/C19H24N2O2/c1-2-14-13-21(19(23)11-15(14)8-10-22)9-7-16-12-20-18-6-4-3-5-17(16)18/h2-6,12,15,20,22H,7-11,13H2,1H3/b14-2-. The second-order valence-corrected chi connectivity index (χ2v) is 6.20. The number of nitrogens with one attached hydrogen (secondary N) is 1. The maximum atomic E-state index is 12.4. The van der Waals surface area contributed by atoms with Gasteiger partial charge in [0.25, 0.3) is 0 Å². The summed E-state index contributed by atoms with van der Waals surface area (Å²) in [6.07, 6.45) is 6.21. The van der Waals surface area contributed by atoms with Crippen LogP contribution in [0.25, 0.3) is 10.9 Å². The molecule has 1 aromatic heterocycles. The van der Waals surface area contributed by atoms with Crippen molar-refractivity contribution in [3.8, 4) is 0 Å². The van der Waals surface area contributed by atoms with Crippen molar-refractivity contribution in [2.24, 2.45) is 5.92 Å². The lowest BCUT2D eigenvalue weighted by Crippen LogP contribution is -2.41. The minimum absolute atomic E-state index is 0.143. The van der Waals surface area contributed by atoms with Crippen LogP contribution in [-0.4, -0.2) is 40.6 Å². The summed E-state index contributed by atoms with van der Waals surface area (Å²) in [6, 6.07) is 8.26. The molecule has 1 saturated heterocycles. The number of H-pyrrole nitrogens is 1. The van der Waals surface area contributed by atoms with Crippen LogP contribution in [-0.2, 0) is 11.2 Å². The molecule has 1 aliphatic heterocycles. The number of likely N-dealkylation sites (tertiary alicyclic amines) is 1. The van der Waals surface area contributed by atoms with Crippen molar-refractivity contribution in [3.05, 3.63) is 47.7 Å². The highest BCUT2D eigenvalue weighted by Gasteiger charge is 2.28. The molecule has 2 N–H and O–H groups in total. The second kappa shape index (κ2) is 7.01. The Morgan fingerprint density at radius 1 is 1.39 bits per heavy atom. The van der Waals surface area contributed by atoms with Gasteiger partial charge in [0.05, 0.1) is 0 Å². The van der Waals surface area contributed by atoms with E-state index in [1.54, 1.807) is 0 Å². The molecule has 2 aromatic rings. The molecule has 1 atom stereocenters. The molecule has 1 aromatic carbocycles. The molecule has 122 valence electrons. The van der Waals surface area contributed by atoms with Crippen LogP contribution in [0.5, 0.6) is 0 Å². The molecule has 1 unspecified atom stereocenters. The van der Waals surface area contributed by atoms with Gasteiger partial charge in [-0.25, -0.2) is 0 Å². The Bertz CT molecular complexity index is 717. The molecule has 3 rings (SSSR count). The number of nitrogens with zero attached hydrogens (tertiary/aromatic N) is 1. The van der Waals surface area contributed by atoms with Crippen molar-refractivity contribution in [2.45, 2.75) is 26.2 Å². The third-order valence-corrected chi connectivity index (χ3v) is 4.85. The van der Waals surface area contributed by atoms with E-state index in [4.69, 9.17) is 5.11 Å². The van der Waals surface area contributed by atoms with Crippen LogP contribution in [0, 0.1) is 5.92 Å². The maximum absolute atomic E-state index is 12.4. The van der Waals surface area contributed by atoms with Crippen LogP contribution in [0.4, 0.5) is 0 Å². The maximum Gasteiger partial charge on any atom is 0.223 e. The lowest BCUT2D eigenvalue weighted by atomic mass is 9.88. The Balaban J connectivity index is 1.67. The zero-order chi connectivity index (χ0) is 16.2. The Hall–Kier alpha value is -2.07. The number of fused-ring (bicyclic) bond motifs is 1. The third kappa shape index (κ3) is 3.32. The fraction of sp³-hybridized carbons (Fsp3) is 0.421. The zero-order valence-electron chi connectivity index (χ0n) is 13.6. The summed E-state index contributed by atoms with van der Waals surface area (Å²) in [5.74, 6) is 0.413. The Morgan fingerprint density at radius 3 is 3.00 bits per heavy atom. The van der Waals surface area contributed by atoms with E-state index in [9.17, 15) is 4.79 Å². The Labute approximate surface area is 136 Å². The Kier molecular flexibility index (Phi) is 4.82. The molecule has 0 saturated carbocycles. The van der Waals surface area contributed by atoms with E-state index in [2.05, 4.69) is 23.2 Å². The van der Waals surface area contributed by atoms with Crippen molar-refractivity contribution in [3.63, 3.8) is 0 Å². The number of rotatable bonds is 5. The summed E-state index contributed by atoms with van der Waals surface area (Å²) < 4.78 is 0. The first-order chi connectivity index (χ1) is 11.2. The molecule has 1 amide bonds. The molecular weight excluding hydrogens is 288 g/mol. The van der Waals surface area contributed by atoms with Crippen LogP contribution in [0.1, 0.15) is 25.3 Å². The average molecular weight is 312 g/mol. The number of carbonyl (C=O) groups excluding carboxylic acids is 1. The molecule has 4 nitrogen and oxygen atoms in total. The topological polar surface area (TPSA) is 56.3 Å². The number of allylic oxidation sites excluding steroid dienone is 1. The predicted molar refractivity (Wildman–Crippen MR) is 92.1 cm³/mol. The molecule has 1 aliphatic rings. The first kappa shape index (κ1) is 15.8. The van der Waals surface area contributed by atoms with Crippen LogP contribution >= 0.6 is 0 Å². The van der Waals surface area contributed by atoms with Crippen LogP contribution in [0.3, 0.4) is 0 Å². The van der Waals surface area contributed by atoms with Gasteiger partial charge in [-0.2, -0.15) is 0 Å². The Morgan fingerprint density at radius 2 is 2.22 bits per heavy atom. The summed E-state index contributed by atoms with van der Waals surface area (Å²) >= 11 is 0. The largest absolute Gasteiger partial charge is 0.396 e. The van der Waals surface area contributed by atoms with Gasteiger partial charge in [-0.1, -0.05) is 29.8 Å². The summed E-state index contributed by atoms with van der Waals surface area (Å²) in [5, 5.41) is 10.4. The van der Waals surface area contributed by atoms with Gasteiger partial charge in [0.1, 0.15) is 0 Å². The van der Waals surface area contributed by atoms with E-state index < -0.39 is 0 Å². The van der Waals surface area contributed by atoms with Crippen molar-refractivity contribution < 1.29 is 9.90 Å². The van der Waals surface area contributed by atoms with Gasteiger partial charge < -0.3 is 15.0 Å². The fourth-order valence-electron chi connectivity index (χ4n) is 3.48.